The third-order valence-electron chi connectivity index (χ3n) is 2.07. The van der Waals surface area contributed by atoms with Crippen molar-refractivity contribution in [1.29, 1.82) is 0 Å². The Balaban J connectivity index is 3.34. The Bertz CT molecular complexity index is 262. The van der Waals surface area contributed by atoms with Crippen molar-refractivity contribution >= 4 is 11.7 Å². The topological polar surface area (TPSA) is 78.4 Å². The largest absolute Gasteiger partial charge is 0.515 e. The molecule has 0 fully saturated rings. The van der Waals surface area contributed by atoms with E-state index in [1.54, 1.807) is 6.92 Å². The van der Waals surface area contributed by atoms with Gasteiger partial charge in [-0.15, -0.1) is 0 Å². The lowest BCUT2D eigenvalue weighted by Crippen LogP contribution is -2.30. The Labute approximate surface area is 95.9 Å². The van der Waals surface area contributed by atoms with Gasteiger partial charge in [-0.25, -0.2) is 0 Å². The number of hydrogen-bond donors (Lipinski definition) is 3. The number of hydrogen-bond acceptors (Lipinski definition) is 4. The van der Waals surface area contributed by atoms with Crippen LogP contribution in [0.25, 0.3) is 0 Å². The van der Waals surface area contributed by atoms with Crippen molar-refractivity contribution in [1.82, 2.24) is 10.6 Å². The molecule has 0 aliphatic carbocycles. The van der Waals surface area contributed by atoms with Crippen LogP contribution >= 0.6 is 0 Å². The van der Waals surface area contributed by atoms with Crippen LogP contribution in [-0.4, -0.2) is 36.4 Å². The molecule has 3 N–H and O–H groups in total. The third-order valence-corrected chi connectivity index (χ3v) is 2.07. The van der Waals surface area contributed by atoms with Crippen LogP contribution < -0.4 is 10.6 Å². The maximum absolute atomic E-state index is 11.2. The van der Waals surface area contributed by atoms with Crippen LogP contribution in [0.5, 0.6) is 0 Å². The van der Waals surface area contributed by atoms with E-state index in [0.717, 1.165) is 19.2 Å². The zero-order valence-electron chi connectivity index (χ0n) is 9.88. The van der Waals surface area contributed by atoms with E-state index in [1.807, 2.05) is 0 Å². The predicted octanol–water partition coefficient (Wildman–Crippen LogP) is 0.523. The molecule has 0 aromatic heterocycles. The second-order valence-corrected chi connectivity index (χ2v) is 3.57. The summed E-state index contributed by atoms with van der Waals surface area (Å²) >= 11 is 0. The van der Waals surface area contributed by atoms with Crippen LogP contribution in [0.1, 0.15) is 26.7 Å². The molecule has 0 aliphatic heterocycles. The minimum absolute atomic E-state index is 0.0360. The molecule has 0 unspecified atom stereocenters. The summed E-state index contributed by atoms with van der Waals surface area (Å²) in [7, 11) is 0. The van der Waals surface area contributed by atoms with Gasteiger partial charge in [-0.2, -0.15) is 0 Å². The van der Waals surface area contributed by atoms with Crippen molar-refractivity contribution in [2.45, 2.75) is 26.7 Å². The number of nitrogens with one attached hydrogen (secondary N) is 2. The lowest BCUT2D eigenvalue weighted by molar-refractivity contribution is -0.119. The maximum atomic E-state index is 11.2. The quantitative estimate of drug-likeness (QED) is 0.321. The van der Waals surface area contributed by atoms with Crippen LogP contribution in [0.15, 0.2) is 11.8 Å². The van der Waals surface area contributed by atoms with E-state index in [9.17, 15) is 9.59 Å². The molecular formula is C11H20N2O3. The lowest BCUT2D eigenvalue weighted by Gasteiger charge is -2.04. The van der Waals surface area contributed by atoms with E-state index in [4.69, 9.17) is 5.11 Å². The number of rotatable bonds is 8. The van der Waals surface area contributed by atoms with Gasteiger partial charge in [0.05, 0.1) is 6.26 Å². The second kappa shape index (κ2) is 8.91. The van der Waals surface area contributed by atoms with Gasteiger partial charge in [-0.3, -0.25) is 9.59 Å². The highest BCUT2D eigenvalue weighted by molar-refractivity contribution is 5.94. The molecule has 5 heteroatoms. The van der Waals surface area contributed by atoms with E-state index >= 15 is 0 Å². The van der Waals surface area contributed by atoms with Crippen molar-refractivity contribution < 1.29 is 14.7 Å². The monoisotopic (exact) mass is 228 g/mol. The molecule has 0 spiro atoms. The smallest absolute Gasteiger partial charge is 0.216 e. The molecular weight excluding hydrogens is 208 g/mol. The molecule has 0 rings (SSSR count). The summed E-state index contributed by atoms with van der Waals surface area (Å²) < 4.78 is 0. The fourth-order valence-corrected chi connectivity index (χ4v) is 1.10. The predicted molar refractivity (Wildman–Crippen MR) is 62.2 cm³/mol. The first-order valence-electron chi connectivity index (χ1n) is 5.37. The number of ketones is 1. The van der Waals surface area contributed by atoms with E-state index in [2.05, 4.69) is 10.6 Å². The Kier molecular flexibility index (Phi) is 8.15. The van der Waals surface area contributed by atoms with Gasteiger partial charge in [0.25, 0.3) is 0 Å². The summed E-state index contributed by atoms with van der Waals surface area (Å²) in [5.74, 6) is -0.0770. The van der Waals surface area contributed by atoms with E-state index < -0.39 is 0 Å². The molecule has 0 aliphatic rings. The lowest BCUT2D eigenvalue weighted by atomic mass is 10.1. The van der Waals surface area contributed by atoms with Gasteiger partial charge in [0.15, 0.2) is 5.78 Å². The molecule has 0 aromatic rings. The Morgan fingerprint density at radius 3 is 2.44 bits per heavy atom. The van der Waals surface area contributed by atoms with Gasteiger partial charge >= 0.3 is 0 Å². The van der Waals surface area contributed by atoms with E-state index in [0.29, 0.717) is 25.1 Å². The summed E-state index contributed by atoms with van der Waals surface area (Å²) in [6.45, 7) is 5.08. The number of Topliss-reactive ketones (excluding diaryl/α,β-unsaturated/α-hetero) is 1. The number of aliphatic hydroxyl groups excluding tert-OH is 1. The first-order chi connectivity index (χ1) is 7.57. The zero-order valence-corrected chi connectivity index (χ0v) is 9.88. The van der Waals surface area contributed by atoms with Crippen molar-refractivity contribution in [2.75, 3.05) is 19.6 Å². The number of carbonyl (C=O) groups is 2. The Hall–Kier alpha value is -1.36. The second-order valence-electron chi connectivity index (χ2n) is 3.57. The first kappa shape index (κ1) is 14.6. The first-order valence-corrected chi connectivity index (χ1v) is 5.37. The Morgan fingerprint density at radius 2 is 1.88 bits per heavy atom. The minimum atomic E-state index is -0.0410. The molecule has 0 heterocycles. The number of aliphatic hydroxyl groups is 1. The summed E-state index contributed by atoms with van der Waals surface area (Å²) in [5, 5.41) is 14.4. The van der Waals surface area contributed by atoms with Crippen LogP contribution in [0.2, 0.25) is 0 Å². The Morgan fingerprint density at radius 1 is 1.19 bits per heavy atom. The van der Waals surface area contributed by atoms with E-state index in [1.165, 1.54) is 6.92 Å². The van der Waals surface area contributed by atoms with Gasteiger partial charge in [-0.05, 0) is 19.9 Å². The standard InChI is InChI=1S/C11H20N2O3/c1-9(8-14)11(16)4-3-5-12-6-7-13-10(2)15/h8,12,14H,3-7H2,1-2H3,(H,13,15)/b9-8-. The van der Waals surface area contributed by atoms with Crippen molar-refractivity contribution in [3.8, 4) is 0 Å². The fourth-order valence-electron chi connectivity index (χ4n) is 1.10. The van der Waals surface area contributed by atoms with Crippen LogP contribution in [-0.2, 0) is 9.59 Å². The molecule has 0 atom stereocenters. The van der Waals surface area contributed by atoms with Gasteiger partial charge in [-0.1, -0.05) is 0 Å². The van der Waals surface area contributed by atoms with Gasteiger partial charge in [0.1, 0.15) is 0 Å². The highest BCUT2D eigenvalue weighted by atomic mass is 16.2. The SMILES string of the molecule is CC(=O)NCCNCCCC(=O)/C(C)=C\O. The molecule has 0 saturated carbocycles. The summed E-state index contributed by atoms with van der Waals surface area (Å²) in [5.41, 5.74) is 0.387. The number of amides is 1. The molecule has 0 bridgehead atoms. The molecule has 1 amide bonds. The molecule has 0 aromatic carbocycles. The van der Waals surface area contributed by atoms with Crippen molar-refractivity contribution in [3.63, 3.8) is 0 Å². The van der Waals surface area contributed by atoms with Gasteiger partial charge in [0, 0.05) is 32.0 Å². The maximum Gasteiger partial charge on any atom is 0.216 e. The molecule has 5 nitrogen and oxygen atoms in total. The van der Waals surface area contributed by atoms with Crippen LogP contribution in [0.3, 0.4) is 0 Å². The van der Waals surface area contributed by atoms with Crippen molar-refractivity contribution in [2.24, 2.45) is 0 Å². The number of carbonyl (C=O) groups excluding carboxylic acids is 2. The average molecular weight is 228 g/mol. The minimum Gasteiger partial charge on any atom is -0.515 e. The average Bonchev–Trinajstić information content (AvgIpc) is 2.25. The third kappa shape index (κ3) is 7.99. The molecule has 0 saturated heterocycles. The number of allylic oxidation sites excluding steroid dienone is 1. The van der Waals surface area contributed by atoms with Gasteiger partial charge < -0.3 is 15.7 Å². The zero-order chi connectivity index (χ0) is 12.4. The molecule has 16 heavy (non-hydrogen) atoms. The van der Waals surface area contributed by atoms with Gasteiger partial charge in [0.2, 0.25) is 5.91 Å². The normalized spacial score (nSPS) is 11.2. The molecule has 92 valence electrons. The van der Waals surface area contributed by atoms with Crippen LogP contribution in [0.4, 0.5) is 0 Å². The fraction of sp³-hybridized carbons (Fsp3) is 0.636. The highest BCUT2D eigenvalue weighted by Crippen LogP contribution is 1.99. The highest BCUT2D eigenvalue weighted by Gasteiger charge is 2.03. The summed E-state index contributed by atoms with van der Waals surface area (Å²) in [6, 6.07) is 0. The summed E-state index contributed by atoms with van der Waals surface area (Å²) in [6.07, 6.45) is 1.99. The summed E-state index contributed by atoms with van der Waals surface area (Å²) in [4.78, 5) is 21.8. The van der Waals surface area contributed by atoms with Crippen molar-refractivity contribution in [3.05, 3.63) is 11.8 Å². The van der Waals surface area contributed by atoms with Crippen LogP contribution in [0, 0.1) is 0 Å². The molecule has 0 radical (unpaired) electrons. The van der Waals surface area contributed by atoms with E-state index in [-0.39, 0.29) is 11.7 Å².